The molecule has 2 aliphatic rings. The largest absolute Gasteiger partial charge is 0.493 e. The van der Waals surface area contributed by atoms with Gasteiger partial charge in [0.15, 0.2) is 11.5 Å². The van der Waals surface area contributed by atoms with Crippen LogP contribution in [0.1, 0.15) is 35.1 Å². The summed E-state index contributed by atoms with van der Waals surface area (Å²) in [6, 6.07) is 22.9. The smallest absolute Gasteiger partial charge is 0.414 e. The second-order valence-electron chi connectivity index (χ2n) is 11.5. The third kappa shape index (κ3) is 9.21. The molecule has 2 aliphatic heterocycles. The summed E-state index contributed by atoms with van der Waals surface area (Å²) in [4.78, 5) is 38.5. The standard InChI is InChI=1S/C33H41N3O3.C2H2O4/c1-25-8-7-11-30(26(25)2)35-18-20-36(21-19-35)33(37)29-14-16-34(17-15-29)23-28-12-13-31(32(22-28)38-3)39-24-27-9-5-4-6-10-27;3-1(4)2(5)6/h4-13,22,29H,14-21,23-24H2,1-3H3;(H,3,4)(H,5,6). The Morgan fingerprint density at radius 2 is 1.44 bits per heavy atom. The van der Waals surface area contributed by atoms with Crippen molar-refractivity contribution in [1.29, 1.82) is 0 Å². The molecular formula is C35H43N3O7. The van der Waals surface area contributed by atoms with E-state index >= 15 is 0 Å². The minimum atomic E-state index is -1.82. The molecule has 0 unspecified atom stereocenters. The van der Waals surface area contributed by atoms with Crippen LogP contribution < -0.4 is 14.4 Å². The number of hydrogen-bond acceptors (Lipinski definition) is 7. The zero-order valence-electron chi connectivity index (χ0n) is 26.3. The predicted octanol–water partition coefficient (Wildman–Crippen LogP) is 4.61. The molecule has 240 valence electrons. The predicted molar refractivity (Wildman–Crippen MR) is 172 cm³/mol. The summed E-state index contributed by atoms with van der Waals surface area (Å²) in [6.45, 7) is 11.0. The molecule has 0 atom stereocenters. The number of methoxy groups -OCH3 is 1. The quantitative estimate of drug-likeness (QED) is 0.349. The maximum absolute atomic E-state index is 13.3. The lowest BCUT2D eigenvalue weighted by Gasteiger charge is -2.40. The van der Waals surface area contributed by atoms with Gasteiger partial charge in [-0.05, 0) is 80.2 Å². The Morgan fingerprint density at radius 3 is 2.07 bits per heavy atom. The number of nitrogens with zero attached hydrogens (tertiary/aromatic N) is 3. The van der Waals surface area contributed by atoms with Gasteiger partial charge in [0.25, 0.3) is 0 Å². The lowest BCUT2D eigenvalue weighted by atomic mass is 9.94. The van der Waals surface area contributed by atoms with E-state index < -0.39 is 11.9 Å². The van der Waals surface area contributed by atoms with Gasteiger partial charge in [0.1, 0.15) is 6.61 Å². The zero-order valence-corrected chi connectivity index (χ0v) is 26.3. The third-order valence-electron chi connectivity index (χ3n) is 8.50. The van der Waals surface area contributed by atoms with Gasteiger partial charge in [0.2, 0.25) is 5.91 Å². The highest BCUT2D eigenvalue weighted by molar-refractivity contribution is 6.27. The number of carbonyl (C=O) groups excluding carboxylic acids is 1. The van der Waals surface area contributed by atoms with E-state index in [2.05, 4.69) is 71.0 Å². The molecule has 0 aliphatic carbocycles. The Balaban J connectivity index is 0.000000700. The van der Waals surface area contributed by atoms with E-state index in [1.807, 2.05) is 24.3 Å². The number of benzene rings is 3. The Kier molecular flexibility index (Phi) is 11.8. The molecule has 0 saturated carbocycles. The normalized spacial score (nSPS) is 15.5. The first-order chi connectivity index (χ1) is 21.7. The van der Waals surface area contributed by atoms with Gasteiger partial charge >= 0.3 is 11.9 Å². The van der Waals surface area contributed by atoms with Gasteiger partial charge < -0.3 is 29.5 Å². The number of hydrogen-bond donors (Lipinski definition) is 2. The molecule has 2 heterocycles. The maximum Gasteiger partial charge on any atom is 0.414 e. The Morgan fingerprint density at radius 1 is 0.778 bits per heavy atom. The molecule has 2 saturated heterocycles. The van der Waals surface area contributed by atoms with Crippen molar-refractivity contribution >= 4 is 23.5 Å². The molecule has 0 aromatic heterocycles. The lowest BCUT2D eigenvalue weighted by Crippen LogP contribution is -2.51. The van der Waals surface area contributed by atoms with Crippen LogP contribution in [-0.2, 0) is 27.5 Å². The van der Waals surface area contributed by atoms with Crippen LogP contribution in [0.15, 0.2) is 66.7 Å². The van der Waals surface area contributed by atoms with Crippen LogP contribution in [0, 0.1) is 19.8 Å². The van der Waals surface area contributed by atoms with Crippen molar-refractivity contribution in [3.63, 3.8) is 0 Å². The first kappa shape index (κ1) is 33.3. The van der Waals surface area contributed by atoms with Crippen molar-refractivity contribution in [3.05, 3.63) is 89.0 Å². The molecule has 2 N–H and O–H groups in total. The van der Waals surface area contributed by atoms with E-state index in [9.17, 15) is 4.79 Å². The summed E-state index contributed by atoms with van der Waals surface area (Å²) in [5.74, 6) is -1.65. The Bertz CT molecular complexity index is 1430. The van der Waals surface area contributed by atoms with Crippen molar-refractivity contribution in [2.75, 3.05) is 51.3 Å². The second kappa shape index (κ2) is 15.9. The van der Waals surface area contributed by atoms with Crippen LogP contribution in [0.3, 0.4) is 0 Å². The number of piperidine rings is 1. The highest BCUT2D eigenvalue weighted by Crippen LogP contribution is 2.31. The summed E-state index contributed by atoms with van der Waals surface area (Å²) >= 11 is 0. The maximum atomic E-state index is 13.3. The van der Waals surface area contributed by atoms with Crippen LogP contribution in [0.4, 0.5) is 5.69 Å². The van der Waals surface area contributed by atoms with Gasteiger partial charge in [-0.15, -0.1) is 0 Å². The molecule has 3 aromatic carbocycles. The molecule has 5 rings (SSSR count). The van der Waals surface area contributed by atoms with Crippen LogP contribution in [-0.4, -0.2) is 84.2 Å². The van der Waals surface area contributed by atoms with Crippen LogP contribution in [0.25, 0.3) is 0 Å². The number of ether oxygens (including phenoxy) is 2. The van der Waals surface area contributed by atoms with Gasteiger partial charge in [-0.1, -0.05) is 48.5 Å². The van der Waals surface area contributed by atoms with Gasteiger partial charge in [0, 0.05) is 44.3 Å². The van der Waals surface area contributed by atoms with Gasteiger partial charge in [-0.3, -0.25) is 9.69 Å². The van der Waals surface area contributed by atoms with Crippen molar-refractivity contribution in [2.24, 2.45) is 5.92 Å². The van der Waals surface area contributed by atoms with Crippen molar-refractivity contribution in [3.8, 4) is 11.5 Å². The molecule has 3 aromatic rings. The molecular weight excluding hydrogens is 574 g/mol. The number of aliphatic carboxylic acids is 2. The fourth-order valence-electron chi connectivity index (χ4n) is 5.77. The molecule has 10 heteroatoms. The third-order valence-corrected chi connectivity index (χ3v) is 8.50. The molecule has 2 fully saturated rings. The first-order valence-electron chi connectivity index (χ1n) is 15.3. The minimum Gasteiger partial charge on any atom is -0.493 e. The van der Waals surface area contributed by atoms with E-state index in [0.717, 1.165) is 75.7 Å². The highest BCUT2D eigenvalue weighted by Gasteiger charge is 2.31. The highest BCUT2D eigenvalue weighted by atomic mass is 16.5. The van der Waals surface area contributed by atoms with Gasteiger partial charge in [-0.2, -0.15) is 0 Å². The average Bonchev–Trinajstić information content (AvgIpc) is 3.06. The van der Waals surface area contributed by atoms with E-state index in [0.29, 0.717) is 12.5 Å². The van der Waals surface area contributed by atoms with E-state index in [1.54, 1.807) is 7.11 Å². The molecule has 10 nitrogen and oxygen atoms in total. The first-order valence-corrected chi connectivity index (χ1v) is 15.3. The fourth-order valence-corrected chi connectivity index (χ4v) is 5.77. The van der Waals surface area contributed by atoms with E-state index in [1.165, 1.54) is 22.4 Å². The molecule has 0 bridgehead atoms. The zero-order chi connectivity index (χ0) is 32.3. The van der Waals surface area contributed by atoms with Crippen molar-refractivity contribution < 1.29 is 34.1 Å². The molecule has 45 heavy (non-hydrogen) atoms. The topological polar surface area (TPSA) is 120 Å². The summed E-state index contributed by atoms with van der Waals surface area (Å²) in [7, 11) is 1.69. The van der Waals surface area contributed by atoms with E-state index in [4.69, 9.17) is 29.3 Å². The van der Waals surface area contributed by atoms with Crippen LogP contribution in [0.5, 0.6) is 11.5 Å². The van der Waals surface area contributed by atoms with E-state index in [-0.39, 0.29) is 5.92 Å². The molecule has 0 radical (unpaired) electrons. The average molecular weight is 618 g/mol. The lowest BCUT2D eigenvalue weighted by molar-refractivity contribution is -0.159. The summed E-state index contributed by atoms with van der Waals surface area (Å²) in [5.41, 5.74) is 6.30. The minimum absolute atomic E-state index is 0.136. The van der Waals surface area contributed by atoms with Crippen LogP contribution >= 0.6 is 0 Å². The number of aryl methyl sites for hydroxylation is 1. The number of rotatable bonds is 8. The number of piperazine rings is 1. The summed E-state index contributed by atoms with van der Waals surface area (Å²) < 4.78 is 11.6. The summed E-state index contributed by atoms with van der Waals surface area (Å²) in [5, 5.41) is 14.8. The number of carboxylic acid groups (broad SMARTS) is 2. The number of amides is 1. The SMILES string of the molecule is COc1cc(CN2CCC(C(=O)N3CCN(c4cccc(C)c4C)CC3)CC2)ccc1OCc1ccccc1.O=C(O)C(=O)O. The number of carbonyl (C=O) groups is 3. The number of carboxylic acids is 2. The van der Waals surface area contributed by atoms with Crippen LogP contribution in [0.2, 0.25) is 0 Å². The Labute approximate surface area is 264 Å². The fraction of sp³-hybridized carbons (Fsp3) is 0.400. The van der Waals surface area contributed by atoms with Crippen molar-refractivity contribution in [1.82, 2.24) is 9.80 Å². The number of likely N-dealkylation sites (tertiary alicyclic amines) is 1. The van der Waals surface area contributed by atoms with Crippen molar-refractivity contribution in [2.45, 2.75) is 39.8 Å². The van der Waals surface area contributed by atoms with Gasteiger partial charge in [-0.25, -0.2) is 9.59 Å². The molecule has 1 amide bonds. The second-order valence-corrected chi connectivity index (χ2v) is 11.5. The Hall–Kier alpha value is -4.57. The van der Waals surface area contributed by atoms with Gasteiger partial charge in [0.05, 0.1) is 7.11 Å². The number of anilines is 1. The summed E-state index contributed by atoms with van der Waals surface area (Å²) in [6.07, 6.45) is 1.84. The molecule has 0 spiro atoms. The monoisotopic (exact) mass is 617 g/mol.